The average Bonchev–Trinajstić information content (AvgIpc) is 3.62. The summed E-state index contributed by atoms with van der Waals surface area (Å²) in [6.07, 6.45) is 2.47. The van der Waals surface area contributed by atoms with Gasteiger partial charge in [-0.15, -0.1) is 11.3 Å². The van der Waals surface area contributed by atoms with Crippen LogP contribution >= 0.6 is 22.9 Å². The number of carbonyl (C=O) groups is 2. The maximum atomic E-state index is 13.4. The largest absolute Gasteiger partial charge is 0.493 e. The summed E-state index contributed by atoms with van der Waals surface area (Å²) in [4.78, 5) is 33.8. The molecule has 2 aromatic heterocycles. The van der Waals surface area contributed by atoms with Crippen LogP contribution in [0.4, 0.5) is 5.95 Å². The van der Waals surface area contributed by atoms with Crippen molar-refractivity contribution in [3.8, 4) is 27.8 Å². The highest BCUT2D eigenvalue weighted by Crippen LogP contribution is 2.37. The van der Waals surface area contributed by atoms with E-state index >= 15 is 0 Å². The molecule has 8 nitrogen and oxygen atoms in total. The van der Waals surface area contributed by atoms with E-state index in [1.54, 1.807) is 25.2 Å². The number of rotatable bonds is 8. The minimum atomic E-state index is -0.362. The van der Waals surface area contributed by atoms with Crippen LogP contribution in [0, 0.1) is 0 Å². The van der Waals surface area contributed by atoms with Crippen molar-refractivity contribution in [1.29, 1.82) is 0 Å². The topological polar surface area (TPSA) is 85.7 Å². The number of imidazole rings is 1. The summed E-state index contributed by atoms with van der Waals surface area (Å²) in [5.41, 5.74) is 2.38. The number of nitrogens with one attached hydrogen (secondary N) is 1. The van der Waals surface area contributed by atoms with Gasteiger partial charge in [-0.05, 0) is 55.3 Å². The number of hydrogen-bond acceptors (Lipinski definition) is 6. The molecule has 0 spiro atoms. The van der Waals surface area contributed by atoms with Gasteiger partial charge in [-0.25, -0.2) is 4.98 Å². The Labute approximate surface area is 229 Å². The molecule has 1 aliphatic rings. The van der Waals surface area contributed by atoms with Gasteiger partial charge in [0.15, 0.2) is 11.5 Å². The molecule has 1 saturated heterocycles. The van der Waals surface area contributed by atoms with E-state index in [-0.39, 0.29) is 30.3 Å². The SMILES string of the molecule is COc1ccc(C2CC(C)N(CC(=O)Nc3nc(-c4ccc(Cl)s4)cn3-c3ccccc3)C2=O)cc1OC. The molecule has 0 radical (unpaired) electrons. The first-order valence-corrected chi connectivity index (χ1v) is 13.3. The Balaban J connectivity index is 1.35. The first kappa shape index (κ1) is 25.8. The number of ether oxygens (including phenoxy) is 2. The maximum Gasteiger partial charge on any atom is 0.246 e. The van der Waals surface area contributed by atoms with E-state index in [0.717, 1.165) is 16.1 Å². The molecule has 38 heavy (non-hydrogen) atoms. The van der Waals surface area contributed by atoms with Crippen molar-refractivity contribution in [2.24, 2.45) is 0 Å². The highest BCUT2D eigenvalue weighted by molar-refractivity contribution is 7.19. The predicted octanol–water partition coefficient (Wildman–Crippen LogP) is 5.61. The predicted molar refractivity (Wildman–Crippen MR) is 149 cm³/mol. The zero-order valence-corrected chi connectivity index (χ0v) is 22.8. The lowest BCUT2D eigenvalue weighted by molar-refractivity contribution is -0.133. The maximum absolute atomic E-state index is 13.4. The lowest BCUT2D eigenvalue weighted by atomic mass is 9.95. The molecule has 0 aliphatic carbocycles. The number of carbonyl (C=O) groups excluding carboxylic acids is 2. The smallest absolute Gasteiger partial charge is 0.246 e. The van der Waals surface area contributed by atoms with E-state index in [2.05, 4.69) is 10.3 Å². The highest BCUT2D eigenvalue weighted by Gasteiger charge is 2.39. The summed E-state index contributed by atoms with van der Waals surface area (Å²) in [7, 11) is 3.14. The number of para-hydroxylation sites is 1. The Morgan fingerprint density at radius 1 is 1.11 bits per heavy atom. The molecule has 196 valence electrons. The number of thiophene rings is 1. The van der Waals surface area contributed by atoms with E-state index in [1.807, 2.05) is 72.3 Å². The van der Waals surface area contributed by atoms with Crippen LogP contribution in [-0.2, 0) is 9.59 Å². The van der Waals surface area contributed by atoms with Crippen LogP contribution in [-0.4, -0.2) is 53.1 Å². The normalized spacial score (nSPS) is 17.1. The van der Waals surface area contributed by atoms with Crippen molar-refractivity contribution in [1.82, 2.24) is 14.5 Å². The molecule has 0 saturated carbocycles. The van der Waals surface area contributed by atoms with E-state index in [0.29, 0.717) is 33.9 Å². The molecule has 10 heteroatoms. The number of amides is 2. The fraction of sp³-hybridized carbons (Fsp3) is 0.250. The molecule has 3 heterocycles. The summed E-state index contributed by atoms with van der Waals surface area (Å²) in [6, 6.07) is 18.7. The fourth-order valence-electron chi connectivity index (χ4n) is 4.71. The van der Waals surface area contributed by atoms with Crippen molar-refractivity contribution >= 4 is 40.7 Å². The third kappa shape index (κ3) is 5.12. The first-order valence-electron chi connectivity index (χ1n) is 12.1. The number of nitrogens with zero attached hydrogens (tertiary/aromatic N) is 3. The second kappa shape index (κ2) is 10.9. The van der Waals surface area contributed by atoms with Gasteiger partial charge in [0.1, 0.15) is 12.2 Å². The Hall–Kier alpha value is -3.82. The molecule has 5 rings (SSSR count). The number of aromatic nitrogens is 2. The minimum Gasteiger partial charge on any atom is -0.493 e. The minimum absolute atomic E-state index is 0.0778. The van der Waals surface area contributed by atoms with Crippen LogP contribution in [0.5, 0.6) is 11.5 Å². The summed E-state index contributed by atoms with van der Waals surface area (Å²) >= 11 is 7.55. The van der Waals surface area contributed by atoms with Crippen molar-refractivity contribution in [3.05, 3.63) is 76.8 Å². The van der Waals surface area contributed by atoms with Crippen molar-refractivity contribution < 1.29 is 19.1 Å². The average molecular weight is 551 g/mol. The van der Waals surface area contributed by atoms with Crippen LogP contribution in [0.25, 0.3) is 16.3 Å². The number of methoxy groups -OCH3 is 2. The fourth-order valence-corrected chi connectivity index (χ4v) is 5.71. The highest BCUT2D eigenvalue weighted by atomic mass is 35.5. The monoisotopic (exact) mass is 550 g/mol. The van der Waals surface area contributed by atoms with Gasteiger partial charge in [-0.1, -0.05) is 35.9 Å². The van der Waals surface area contributed by atoms with Gasteiger partial charge < -0.3 is 14.4 Å². The second-order valence-electron chi connectivity index (χ2n) is 9.03. The lowest BCUT2D eigenvalue weighted by Gasteiger charge is -2.21. The summed E-state index contributed by atoms with van der Waals surface area (Å²) in [6.45, 7) is 1.88. The number of hydrogen-bond donors (Lipinski definition) is 1. The van der Waals surface area contributed by atoms with E-state index < -0.39 is 0 Å². The number of halogens is 1. The summed E-state index contributed by atoms with van der Waals surface area (Å²) < 4.78 is 13.2. The molecule has 2 atom stereocenters. The van der Waals surface area contributed by atoms with Crippen molar-refractivity contribution in [3.63, 3.8) is 0 Å². The number of benzene rings is 2. The van der Waals surface area contributed by atoms with Gasteiger partial charge in [-0.3, -0.25) is 19.5 Å². The molecule has 1 aliphatic heterocycles. The Morgan fingerprint density at radius 2 is 1.87 bits per heavy atom. The lowest BCUT2D eigenvalue weighted by Crippen LogP contribution is -2.39. The zero-order valence-electron chi connectivity index (χ0n) is 21.2. The van der Waals surface area contributed by atoms with Gasteiger partial charge in [0, 0.05) is 17.9 Å². The third-order valence-corrected chi connectivity index (χ3v) is 7.88. The number of anilines is 1. The van der Waals surface area contributed by atoms with Gasteiger partial charge in [0.25, 0.3) is 0 Å². The molecular weight excluding hydrogens is 524 g/mol. The summed E-state index contributed by atoms with van der Waals surface area (Å²) in [5, 5.41) is 2.92. The molecule has 1 fully saturated rings. The van der Waals surface area contributed by atoms with Crippen LogP contribution in [0.15, 0.2) is 66.9 Å². The molecular formula is C28H27ClN4O4S. The second-order valence-corrected chi connectivity index (χ2v) is 10.7. The van der Waals surface area contributed by atoms with Crippen LogP contribution in [0.2, 0.25) is 4.34 Å². The van der Waals surface area contributed by atoms with Crippen molar-refractivity contribution in [2.45, 2.75) is 25.3 Å². The van der Waals surface area contributed by atoms with Crippen LogP contribution in [0.1, 0.15) is 24.8 Å². The summed E-state index contributed by atoms with van der Waals surface area (Å²) in [5.74, 6) is 0.758. The molecule has 2 aromatic carbocycles. The van der Waals surface area contributed by atoms with Crippen molar-refractivity contribution in [2.75, 3.05) is 26.1 Å². The third-order valence-electron chi connectivity index (χ3n) is 6.63. The van der Waals surface area contributed by atoms with E-state index in [1.165, 1.54) is 11.3 Å². The molecule has 0 bridgehead atoms. The standard InChI is InChI=1S/C28H27ClN4O4S/c1-17-13-20(18-9-10-22(36-2)23(14-18)37-3)27(35)32(17)16-26(34)31-28-30-21(24-11-12-25(29)38-24)15-33(28)19-7-5-4-6-8-19/h4-12,14-15,17,20H,13,16H2,1-3H3,(H,30,31,34). The van der Waals surface area contributed by atoms with E-state index in [4.69, 9.17) is 21.1 Å². The van der Waals surface area contributed by atoms with Gasteiger partial charge in [-0.2, -0.15) is 0 Å². The Morgan fingerprint density at radius 3 is 2.55 bits per heavy atom. The zero-order chi connectivity index (χ0) is 26.8. The van der Waals surface area contributed by atoms with Gasteiger partial charge in [0.2, 0.25) is 17.8 Å². The van der Waals surface area contributed by atoms with E-state index in [9.17, 15) is 9.59 Å². The quantitative estimate of drug-likeness (QED) is 0.308. The van der Waals surface area contributed by atoms with Crippen LogP contribution in [0.3, 0.4) is 0 Å². The van der Waals surface area contributed by atoms with Gasteiger partial charge >= 0.3 is 0 Å². The number of likely N-dealkylation sites (tertiary alicyclic amines) is 1. The molecule has 4 aromatic rings. The molecule has 1 N–H and O–H groups in total. The van der Waals surface area contributed by atoms with Crippen LogP contribution < -0.4 is 14.8 Å². The molecule has 2 amide bonds. The Bertz CT molecular complexity index is 1470. The first-order chi connectivity index (χ1) is 18.4. The van der Waals surface area contributed by atoms with Gasteiger partial charge in [0.05, 0.1) is 29.4 Å². The molecule has 2 unspecified atom stereocenters. The Kier molecular flexibility index (Phi) is 7.40.